The summed E-state index contributed by atoms with van der Waals surface area (Å²) in [4.78, 5) is 93.0. The first kappa shape index (κ1) is 58.3. The van der Waals surface area contributed by atoms with Crippen LogP contribution in [0.2, 0.25) is 0 Å². The number of nitrogens with two attached hydrogens (primary N) is 3. The summed E-state index contributed by atoms with van der Waals surface area (Å²) in [5.74, 6) is -3.20. The fourth-order valence-corrected chi connectivity index (χ4v) is 13.2. The molecule has 404 valence electrons. The van der Waals surface area contributed by atoms with Gasteiger partial charge in [-0.15, -0.1) is 0 Å². The Morgan fingerprint density at radius 3 is 1.67 bits per heavy atom. The summed E-state index contributed by atoms with van der Waals surface area (Å²) >= 11 is 0. The molecule has 5 rings (SSSR count). The summed E-state index contributed by atoms with van der Waals surface area (Å²) in [6.45, 7) is 17.5. The van der Waals surface area contributed by atoms with Crippen LogP contribution >= 0.6 is 0 Å². The topological polar surface area (TPSA) is 271 Å². The summed E-state index contributed by atoms with van der Waals surface area (Å²) in [7, 11) is 0. The van der Waals surface area contributed by atoms with Crippen molar-refractivity contribution in [2.75, 3.05) is 19.6 Å². The van der Waals surface area contributed by atoms with E-state index >= 15 is 0 Å². The molecule has 72 heavy (non-hydrogen) atoms. The molecule has 14 atom stereocenters. The Morgan fingerprint density at radius 1 is 0.625 bits per heavy atom. The normalized spacial score (nSPS) is 29.3. The molecule has 0 aromatic heterocycles. The van der Waals surface area contributed by atoms with Crippen LogP contribution < -0.4 is 33.2 Å². The lowest BCUT2D eigenvalue weighted by atomic mass is 9.43. The molecule has 4 fully saturated rings. The largest absolute Gasteiger partial charge is 0.461 e. The lowest BCUT2D eigenvalue weighted by Gasteiger charge is -2.64. The number of hydrogen-bond donors (Lipinski definition) is 6. The first-order valence-electron chi connectivity index (χ1n) is 26.8. The fraction of sp³-hybridized carbons (Fsp3) is 0.764. The second-order valence-electron chi connectivity index (χ2n) is 23.4. The van der Waals surface area contributed by atoms with Gasteiger partial charge in [-0.25, -0.2) is 0 Å². The summed E-state index contributed by atoms with van der Waals surface area (Å²) in [6, 6.07) is 7.23. The third-order valence-electron chi connectivity index (χ3n) is 16.8. The third kappa shape index (κ3) is 15.2. The summed E-state index contributed by atoms with van der Waals surface area (Å²) in [5, 5.41) is 8.02. The second kappa shape index (κ2) is 26.0. The van der Waals surface area contributed by atoms with Crippen molar-refractivity contribution in [1.29, 1.82) is 0 Å². The number of fused-ring (bicyclic) bond motifs is 5. The van der Waals surface area contributed by atoms with Gasteiger partial charge in [0.05, 0.1) is 18.1 Å². The van der Waals surface area contributed by atoms with Crippen LogP contribution in [0.5, 0.6) is 0 Å². The Hall–Kier alpha value is -4.61. The molecule has 4 aliphatic rings. The molecule has 17 nitrogen and oxygen atoms in total. The highest BCUT2D eigenvalue weighted by molar-refractivity contribution is 5.86. The van der Waals surface area contributed by atoms with Crippen molar-refractivity contribution >= 4 is 41.6 Å². The van der Waals surface area contributed by atoms with E-state index in [0.29, 0.717) is 57.8 Å². The van der Waals surface area contributed by atoms with Crippen LogP contribution in [-0.4, -0.2) is 97.7 Å². The highest BCUT2D eigenvalue weighted by atomic mass is 16.6. The van der Waals surface area contributed by atoms with Crippen LogP contribution in [-0.2, 0) is 59.1 Å². The maximum atomic E-state index is 14.0. The minimum atomic E-state index is -0.781. The van der Waals surface area contributed by atoms with Crippen LogP contribution in [0.25, 0.3) is 0 Å². The summed E-state index contributed by atoms with van der Waals surface area (Å²) < 4.78 is 24.8. The molecule has 3 amide bonds. The van der Waals surface area contributed by atoms with E-state index in [0.717, 1.165) is 18.4 Å². The highest BCUT2D eigenvalue weighted by Gasteiger charge is 2.68. The van der Waals surface area contributed by atoms with E-state index in [9.17, 15) is 33.6 Å². The van der Waals surface area contributed by atoms with Crippen molar-refractivity contribution in [2.24, 2.45) is 81.3 Å². The van der Waals surface area contributed by atoms with Gasteiger partial charge in [0.15, 0.2) is 0 Å². The van der Waals surface area contributed by atoms with E-state index in [1.807, 2.05) is 71.9 Å². The van der Waals surface area contributed by atoms with Gasteiger partial charge in [-0.05, 0) is 129 Å². The van der Waals surface area contributed by atoms with E-state index in [-0.39, 0.29) is 97.3 Å². The lowest BCUT2D eigenvalue weighted by Crippen LogP contribution is -2.64. The van der Waals surface area contributed by atoms with Crippen molar-refractivity contribution in [2.45, 2.75) is 182 Å². The summed E-state index contributed by atoms with van der Waals surface area (Å²) in [5.41, 5.74) is 18.3. The molecule has 4 saturated carbocycles. The first-order valence-corrected chi connectivity index (χ1v) is 26.8. The average Bonchev–Trinajstić information content (AvgIpc) is 3.68. The minimum absolute atomic E-state index is 0.00333. The van der Waals surface area contributed by atoms with Crippen molar-refractivity contribution in [1.82, 2.24) is 16.0 Å². The number of nitrogens with one attached hydrogen (secondary N) is 3. The quantitative estimate of drug-likeness (QED) is 0.0572. The number of amides is 3. The van der Waals surface area contributed by atoms with Gasteiger partial charge >= 0.3 is 23.9 Å². The van der Waals surface area contributed by atoms with Gasteiger partial charge in [-0.1, -0.05) is 92.6 Å². The maximum Gasteiger partial charge on any atom is 0.325 e. The predicted octanol–water partition coefficient (Wildman–Crippen LogP) is 5.23. The fourth-order valence-electron chi connectivity index (χ4n) is 13.2. The van der Waals surface area contributed by atoms with Crippen LogP contribution in [0, 0.1) is 64.1 Å². The molecule has 0 bridgehead atoms. The molecule has 0 saturated heterocycles. The maximum absolute atomic E-state index is 14.0. The van der Waals surface area contributed by atoms with Crippen LogP contribution in [0.4, 0.5) is 0 Å². The van der Waals surface area contributed by atoms with E-state index in [1.54, 1.807) is 0 Å². The van der Waals surface area contributed by atoms with Gasteiger partial charge in [0, 0.05) is 17.8 Å². The molecular formula is C55H88N6O11. The number of hydrogen-bond acceptors (Lipinski definition) is 14. The van der Waals surface area contributed by atoms with E-state index < -0.39 is 77.5 Å². The Bertz CT molecular complexity index is 2020. The molecule has 4 aliphatic carbocycles. The van der Waals surface area contributed by atoms with Crippen molar-refractivity contribution in [3.63, 3.8) is 0 Å². The number of carbonyl (C=O) groups excluding carboxylic acids is 7. The van der Waals surface area contributed by atoms with Crippen molar-refractivity contribution in [3.8, 4) is 0 Å². The first-order chi connectivity index (χ1) is 33.9. The molecule has 1 aromatic rings. The number of ether oxygens (including phenoxy) is 4. The number of benzene rings is 1. The van der Waals surface area contributed by atoms with Gasteiger partial charge in [-0.3, -0.25) is 33.6 Å². The summed E-state index contributed by atoms with van der Waals surface area (Å²) in [6.07, 6.45) is 4.65. The molecule has 9 N–H and O–H groups in total. The minimum Gasteiger partial charge on any atom is -0.461 e. The predicted molar refractivity (Wildman–Crippen MR) is 272 cm³/mol. The van der Waals surface area contributed by atoms with Crippen molar-refractivity contribution < 1.29 is 52.5 Å². The smallest absolute Gasteiger partial charge is 0.325 e. The second-order valence-corrected chi connectivity index (χ2v) is 23.4. The zero-order valence-corrected chi connectivity index (χ0v) is 44.6. The standard InChI is InChI=1S/C55H88N6O11/c1-31(2)21-41(56)51(66)59-27-47(63)70-37-19-20-54(8)36(24-37)25-44(71-48(64)28-60-52(67)42(57)22-32(3)4)50-39-17-16-38(34(7)15-18-46(62)69-30-35-13-11-10-12-14-35)55(39,9)45(26-40(50)54)72-49(65)29-61-53(68)43(58)23-33(5)6/h10-14,31-34,36-45,50H,15-30,56-58H2,1-9H3,(H,59,66)(H,60,67)(H,61,68)/t34-,36+,37-,38-,39+,40+,41+,42+,43+,44-,45+,50+,54+,55-/m1/s1. The number of carbonyl (C=O) groups is 7. The van der Waals surface area contributed by atoms with Crippen molar-refractivity contribution in [3.05, 3.63) is 35.9 Å². The van der Waals surface area contributed by atoms with Gasteiger partial charge in [0.2, 0.25) is 17.7 Å². The Kier molecular flexibility index (Phi) is 21.1. The van der Waals surface area contributed by atoms with Gasteiger partial charge in [0.25, 0.3) is 0 Å². The highest BCUT2D eigenvalue weighted by Crippen LogP contribution is 2.69. The van der Waals surface area contributed by atoms with E-state index in [4.69, 9.17) is 36.1 Å². The monoisotopic (exact) mass is 1010 g/mol. The molecule has 0 heterocycles. The zero-order valence-electron chi connectivity index (χ0n) is 44.6. The van der Waals surface area contributed by atoms with Gasteiger partial charge in [-0.2, -0.15) is 0 Å². The molecule has 0 unspecified atom stereocenters. The van der Waals surface area contributed by atoms with Crippen LogP contribution in [0.1, 0.15) is 145 Å². The van der Waals surface area contributed by atoms with Gasteiger partial charge < -0.3 is 52.1 Å². The van der Waals surface area contributed by atoms with Gasteiger partial charge in [0.1, 0.15) is 44.6 Å². The third-order valence-corrected chi connectivity index (χ3v) is 16.8. The van der Waals surface area contributed by atoms with E-state index in [1.165, 1.54) is 0 Å². The van der Waals surface area contributed by atoms with E-state index in [2.05, 4.69) is 36.7 Å². The Balaban J connectivity index is 1.42. The van der Waals surface area contributed by atoms with Crippen LogP contribution in [0.15, 0.2) is 30.3 Å². The van der Waals surface area contributed by atoms with Crippen LogP contribution in [0.3, 0.4) is 0 Å². The molecule has 0 spiro atoms. The number of rotatable bonds is 24. The SMILES string of the molecule is CC(C)C[C@H](N)C(=O)NCC(=O)O[C@@H]1CC[C@@]2(C)[C@@H](C1)C[C@@H](OC(=O)CNC(=O)[C@@H](N)CC(C)C)[C@@H]1[C@@H]2C[C@H](OC(=O)CNC(=O)[C@@H](N)CC(C)C)[C@]2(C)[C@@H]([C@H](C)CCC(=O)OCc3ccccc3)CC[C@@H]12. The molecule has 0 radical (unpaired) electrons. The molecule has 17 heteroatoms. The zero-order chi connectivity index (χ0) is 53.1. The Labute approximate surface area is 428 Å². The molecular weight excluding hydrogens is 921 g/mol. The molecule has 0 aliphatic heterocycles. The average molecular weight is 1010 g/mol. The lowest BCUT2D eigenvalue weighted by molar-refractivity contribution is -0.225. The molecule has 1 aromatic carbocycles. The number of esters is 4. The Morgan fingerprint density at radius 2 is 1.14 bits per heavy atom.